The van der Waals surface area contributed by atoms with Gasteiger partial charge in [0.05, 0.1) is 0 Å². The smallest absolute Gasteiger partial charge is 0.0178 e. The van der Waals surface area contributed by atoms with E-state index in [4.69, 9.17) is 5.73 Å². The van der Waals surface area contributed by atoms with Crippen molar-refractivity contribution in [3.8, 4) is 0 Å². The minimum atomic E-state index is 0.640. The molecule has 0 unspecified atom stereocenters. The van der Waals surface area contributed by atoms with Gasteiger partial charge in [0.15, 0.2) is 0 Å². The minimum Gasteiger partial charge on any atom is -0.326 e. The zero-order valence-electron chi connectivity index (χ0n) is 9.39. The largest absolute Gasteiger partial charge is 0.326 e. The van der Waals surface area contributed by atoms with E-state index in [2.05, 4.69) is 24.3 Å². The van der Waals surface area contributed by atoms with E-state index in [-0.39, 0.29) is 0 Å². The third-order valence-electron chi connectivity index (χ3n) is 2.77. The number of aryl methyl sites for hydroxylation is 2. The van der Waals surface area contributed by atoms with Crippen LogP contribution in [0, 0.1) is 0 Å². The van der Waals surface area contributed by atoms with Crippen LogP contribution in [0.3, 0.4) is 0 Å². The number of nitrogens with two attached hydrogens (primary N) is 1. The van der Waals surface area contributed by atoms with Crippen molar-refractivity contribution in [3.05, 3.63) is 71.3 Å². The van der Waals surface area contributed by atoms with Crippen LogP contribution in [-0.4, -0.2) is 0 Å². The second-order valence-electron chi connectivity index (χ2n) is 4.01. The molecule has 0 saturated heterocycles. The lowest BCUT2D eigenvalue weighted by Crippen LogP contribution is -1.94. The van der Waals surface area contributed by atoms with Gasteiger partial charge in [-0.2, -0.15) is 0 Å². The van der Waals surface area contributed by atoms with Crippen LogP contribution in [0.25, 0.3) is 0 Å². The molecule has 2 aromatic rings. The number of fused-ring (bicyclic) bond motifs is 2. The Morgan fingerprint density at radius 3 is 1.88 bits per heavy atom. The van der Waals surface area contributed by atoms with Crippen LogP contribution in [0.2, 0.25) is 0 Å². The number of hydrogen-bond donors (Lipinski definition) is 1. The molecule has 1 heteroatoms. The third-order valence-corrected chi connectivity index (χ3v) is 2.77. The highest BCUT2D eigenvalue weighted by Crippen LogP contribution is 2.15. The zero-order valence-corrected chi connectivity index (χ0v) is 9.39. The van der Waals surface area contributed by atoms with Crippen LogP contribution in [0.15, 0.2) is 54.6 Å². The number of rotatable bonds is 1. The van der Waals surface area contributed by atoms with Gasteiger partial charge in [-0.15, -0.1) is 0 Å². The van der Waals surface area contributed by atoms with Gasteiger partial charge in [0.2, 0.25) is 0 Å². The molecule has 16 heavy (non-hydrogen) atoms. The monoisotopic (exact) mass is 211 g/mol. The van der Waals surface area contributed by atoms with Crippen molar-refractivity contribution in [2.75, 3.05) is 0 Å². The zero-order chi connectivity index (χ0) is 11.2. The Morgan fingerprint density at radius 1 is 0.812 bits per heavy atom. The maximum atomic E-state index is 5.35. The molecule has 0 aliphatic heterocycles. The SMILES string of the molecule is NCc1ccccc1.c1cc2cc(c1)CC2. The second kappa shape index (κ2) is 5.47. The Kier molecular flexibility index (Phi) is 3.73. The molecule has 2 bridgehead atoms. The van der Waals surface area contributed by atoms with E-state index in [0.717, 1.165) is 0 Å². The van der Waals surface area contributed by atoms with E-state index in [1.165, 1.54) is 29.5 Å². The molecule has 0 spiro atoms. The van der Waals surface area contributed by atoms with Gasteiger partial charge in [0.25, 0.3) is 0 Å². The fourth-order valence-electron chi connectivity index (χ4n) is 1.84. The molecular formula is C15H17N. The Bertz CT molecular complexity index is 413. The summed E-state index contributed by atoms with van der Waals surface area (Å²) < 4.78 is 0. The fourth-order valence-corrected chi connectivity index (χ4v) is 1.84. The maximum Gasteiger partial charge on any atom is 0.0178 e. The van der Waals surface area contributed by atoms with Gasteiger partial charge in [-0.3, -0.25) is 0 Å². The van der Waals surface area contributed by atoms with Crippen molar-refractivity contribution in [1.82, 2.24) is 0 Å². The van der Waals surface area contributed by atoms with E-state index < -0.39 is 0 Å². The Balaban J connectivity index is 0.000000120. The van der Waals surface area contributed by atoms with Crippen LogP contribution in [0.1, 0.15) is 16.7 Å². The molecule has 2 aromatic carbocycles. The van der Waals surface area contributed by atoms with Crippen molar-refractivity contribution in [3.63, 3.8) is 0 Å². The molecule has 0 saturated carbocycles. The summed E-state index contributed by atoms with van der Waals surface area (Å²) in [4.78, 5) is 0. The Morgan fingerprint density at radius 2 is 1.44 bits per heavy atom. The average molecular weight is 211 g/mol. The molecule has 0 atom stereocenters. The first-order chi connectivity index (χ1) is 7.88. The number of benzene rings is 2. The molecular weight excluding hydrogens is 194 g/mol. The first-order valence-corrected chi connectivity index (χ1v) is 5.70. The Labute approximate surface area is 96.9 Å². The normalized spacial score (nSPS) is 11.8. The van der Waals surface area contributed by atoms with Gasteiger partial charge in [-0.1, -0.05) is 54.6 Å². The summed E-state index contributed by atoms with van der Waals surface area (Å²) in [5.74, 6) is 0. The van der Waals surface area contributed by atoms with E-state index in [1.807, 2.05) is 30.3 Å². The van der Waals surface area contributed by atoms with Gasteiger partial charge < -0.3 is 5.73 Å². The molecule has 0 amide bonds. The summed E-state index contributed by atoms with van der Waals surface area (Å²) in [6.45, 7) is 0.640. The summed E-state index contributed by atoms with van der Waals surface area (Å²) in [5.41, 5.74) is 9.54. The summed E-state index contributed by atoms with van der Waals surface area (Å²) in [6.07, 6.45) is 2.53. The first kappa shape index (κ1) is 10.9. The van der Waals surface area contributed by atoms with Crippen LogP contribution in [0.4, 0.5) is 0 Å². The van der Waals surface area contributed by atoms with Crippen LogP contribution < -0.4 is 5.73 Å². The summed E-state index contributed by atoms with van der Waals surface area (Å²) >= 11 is 0. The summed E-state index contributed by atoms with van der Waals surface area (Å²) in [7, 11) is 0. The highest BCUT2D eigenvalue weighted by Gasteiger charge is 2.02. The molecule has 1 aliphatic rings. The molecule has 0 heterocycles. The molecule has 1 aliphatic carbocycles. The number of hydrogen-bond acceptors (Lipinski definition) is 1. The lowest BCUT2D eigenvalue weighted by Gasteiger charge is -1.90. The van der Waals surface area contributed by atoms with Crippen molar-refractivity contribution in [2.24, 2.45) is 5.73 Å². The van der Waals surface area contributed by atoms with Gasteiger partial charge >= 0.3 is 0 Å². The predicted octanol–water partition coefficient (Wildman–Crippen LogP) is 2.93. The predicted molar refractivity (Wildman–Crippen MR) is 68.2 cm³/mol. The Hall–Kier alpha value is -1.60. The molecule has 3 rings (SSSR count). The molecule has 0 radical (unpaired) electrons. The second-order valence-corrected chi connectivity index (χ2v) is 4.01. The topological polar surface area (TPSA) is 26.0 Å². The van der Waals surface area contributed by atoms with Gasteiger partial charge in [0.1, 0.15) is 0 Å². The lowest BCUT2D eigenvalue weighted by atomic mass is 10.2. The summed E-state index contributed by atoms with van der Waals surface area (Å²) in [6, 6.07) is 18.8. The highest BCUT2D eigenvalue weighted by atomic mass is 14.5. The lowest BCUT2D eigenvalue weighted by molar-refractivity contribution is 1.03. The van der Waals surface area contributed by atoms with E-state index in [1.54, 1.807) is 0 Å². The van der Waals surface area contributed by atoms with Gasteiger partial charge in [0, 0.05) is 6.54 Å². The molecule has 82 valence electrons. The standard InChI is InChI=1S/C8H8.C7H9N/c1-2-7-4-5-8(3-1)6-7;8-6-7-4-2-1-3-5-7/h1-3,6H,4-5H2;1-5H,6,8H2. The van der Waals surface area contributed by atoms with Crippen molar-refractivity contribution < 1.29 is 0 Å². The van der Waals surface area contributed by atoms with Crippen molar-refractivity contribution in [2.45, 2.75) is 19.4 Å². The molecule has 1 nitrogen and oxygen atoms in total. The van der Waals surface area contributed by atoms with E-state index >= 15 is 0 Å². The van der Waals surface area contributed by atoms with Crippen LogP contribution in [-0.2, 0) is 19.4 Å². The average Bonchev–Trinajstić information content (AvgIpc) is 2.70. The fraction of sp³-hybridized carbons (Fsp3) is 0.200. The minimum absolute atomic E-state index is 0.640. The van der Waals surface area contributed by atoms with Gasteiger partial charge in [-0.05, 0) is 29.5 Å². The van der Waals surface area contributed by atoms with Crippen LogP contribution >= 0.6 is 0 Å². The maximum absolute atomic E-state index is 5.35. The highest BCUT2D eigenvalue weighted by molar-refractivity contribution is 5.29. The third kappa shape index (κ3) is 2.94. The molecule has 0 aromatic heterocycles. The quantitative estimate of drug-likeness (QED) is 0.771. The molecule has 0 fully saturated rings. The summed E-state index contributed by atoms with van der Waals surface area (Å²) in [5, 5.41) is 0. The first-order valence-electron chi connectivity index (χ1n) is 5.70. The van der Waals surface area contributed by atoms with Gasteiger partial charge in [-0.25, -0.2) is 0 Å². The molecule has 2 N–H and O–H groups in total. The van der Waals surface area contributed by atoms with E-state index in [0.29, 0.717) is 6.54 Å². The van der Waals surface area contributed by atoms with E-state index in [9.17, 15) is 0 Å². The van der Waals surface area contributed by atoms with Crippen molar-refractivity contribution in [1.29, 1.82) is 0 Å². The van der Waals surface area contributed by atoms with Crippen molar-refractivity contribution >= 4 is 0 Å². The van der Waals surface area contributed by atoms with Crippen LogP contribution in [0.5, 0.6) is 0 Å².